The average molecular weight is 249 g/mol. The van der Waals surface area contributed by atoms with Crippen molar-refractivity contribution in [2.24, 2.45) is 5.73 Å². The third kappa shape index (κ3) is 3.47. The van der Waals surface area contributed by atoms with Gasteiger partial charge in [0.25, 0.3) is 0 Å². The molecule has 18 heavy (non-hydrogen) atoms. The van der Waals surface area contributed by atoms with E-state index in [0.29, 0.717) is 11.8 Å². The summed E-state index contributed by atoms with van der Waals surface area (Å²) in [5.41, 5.74) is 6.59. The lowest BCUT2D eigenvalue weighted by atomic mass is 9.93. The minimum Gasteiger partial charge on any atom is -0.490 e. The minimum atomic E-state index is -0.836. The van der Waals surface area contributed by atoms with E-state index >= 15 is 0 Å². The first-order chi connectivity index (χ1) is 8.65. The molecule has 0 saturated heterocycles. The summed E-state index contributed by atoms with van der Waals surface area (Å²) in [5, 5.41) is 8.86. The molecule has 4 heteroatoms. The summed E-state index contributed by atoms with van der Waals surface area (Å²) in [5.74, 6) is -0.142. The van der Waals surface area contributed by atoms with Crippen LogP contribution in [0.1, 0.15) is 31.2 Å². The predicted octanol–water partition coefficient (Wildman–Crippen LogP) is 1.96. The highest BCUT2D eigenvalue weighted by Gasteiger charge is 2.20. The molecule has 2 rings (SSSR count). The minimum absolute atomic E-state index is 0.00239. The lowest BCUT2D eigenvalue weighted by Gasteiger charge is -2.27. The molecule has 1 aliphatic rings. The lowest BCUT2D eigenvalue weighted by molar-refractivity contribution is -0.136. The molecule has 0 bridgehead atoms. The standard InChI is InChI=1S/C14H19NO3/c15-11-5-7-12(8-6-11)18-13-4-2-1-3-10(13)9-14(16)17/h1-4,11-12H,5-9,15H2,(H,16,17). The topological polar surface area (TPSA) is 72.5 Å². The first kappa shape index (κ1) is 12.9. The van der Waals surface area contributed by atoms with E-state index < -0.39 is 5.97 Å². The van der Waals surface area contributed by atoms with Gasteiger partial charge in [-0.15, -0.1) is 0 Å². The Bertz CT molecular complexity index is 411. The number of rotatable bonds is 4. The molecule has 4 nitrogen and oxygen atoms in total. The number of carboxylic acid groups (broad SMARTS) is 1. The van der Waals surface area contributed by atoms with Crippen molar-refractivity contribution in [2.75, 3.05) is 0 Å². The van der Waals surface area contributed by atoms with Crippen LogP contribution in [0.2, 0.25) is 0 Å². The van der Waals surface area contributed by atoms with Crippen LogP contribution in [-0.4, -0.2) is 23.2 Å². The van der Waals surface area contributed by atoms with E-state index in [0.717, 1.165) is 31.2 Å². The molecule has 0 atom stereocenters. The number of para-hydroxylation sites is 1. The predicted molar refractivity (Wildman–Crippen MR) is 68.6 cm³/mol. The Morgan fingerprint density at radius 2 is 1.94 bits per heavy atom. The largest absolute Gasteiger partial charge is 0.490 e. The molecule has 1 aromatic rings. The van der Waals surface area contributed by atoms with Crippen molar-refractivity contribution < 1.29 is 14.6 Å². The third-order valence-electron chi connectivity index (χ3n) is 3.33. The zero-order valence-electron chi connectivity index (χ0n) is 10.3. The molecule has 1 aromatic carbocycles. The van der Waals surface area contributed by atoms with Crippen molar-refractivity contribution in [3.05, 3.63) is 29.8 Å². The van der Waals surface area contributed by atoms with Gasteiger partial charge in [0.2, 0.25) is 0 Å². The molecule has 1 saturated carbocycles. The molecule has 0 aromatic heterocycles. The summed E-state index contributed by atoms with van der Waals surface area (Å²) in [4.78, 5) is 10.8. The summed E-state index contributed by atoms with van der Waals surface area (Å²) in [6.07, 6.45) is 4.02. The van der Waals surface area contributed by atoms with Crippen molar-refractivity contribution in [3.63, 3.8) is 0 Å². The Kier molecular flexibility index (Phi) is 4.20. The van der Waals surface area contributed by atoms with Gasteiger partial charge in [-0.2, -0.15) is 0 Å². The normalized spacial score (nSPS) is 23.6. The Hall–Kier alpha value is -1.55. The van der Waals surface area contributed by atoms with Crippen LogP contribution in [0.5, 0.6) is 5.75 Å². The summed E-state index contributed by atoms with van der Waals surface area (Å²) in [6, 6.07) is 7.64. The van der Waals surface area contributed by atoms with Crippen molar-refractivity contribution in [3.8, 4) is 5.75 Å². The van der Waals surface area contributed by atoms with Gasteiger partial charge in [0.1, 0.15) is 5.75 Å². The molecule has 1 fully saturated rings. The van der Waals surface area contributed by atoms with Gasteiger partial charge in [0.15, 0.2) is 0 Å². The number of nitrogens with two attached hydrogens (primary N) is 1. The number of aliphatic carboxylic acids is 1. The van der Waals surface area contributed by atoms with Gasteiger partial charge in [-0.1, -0.05) is 18.2 Å². The summed E-state index contributed by atoms with van der Waals surface area (Å²) in [7, 11) is 0. The Morgan fingerprint density at radius 1 is 1.28 bits per heavy atom. The van der Waals surface area contributed by atoms with Gasteiger partial charge in [-0.3, -0.25) is 4.79 Å². The lowest BCUT2D eigenvalue weighted by Crippen LogP contribution is -2.31. The second kappa shape index (κ2) is 5.87. The number of carboxylic acids is 1. The maximum Gasteiger partial charge on any atom is 0.307 e. The zero-order chi connectivity index (χ0) is 13.0. The monoisotopic (exact) mass is 249 g/mol. The van der Waals surface area contributed by atoms with Crippen LogP contribution in [0.4, 0.5) is 0 Å². The quantitative estimate of drug-likeness (QED) is 0.855. The molecular weight excluding hydrogens is 230 g/mol. The number of benzene rings is 1. The van der Waals surface area contributed by atoms with E-state index in [-0.39, 0.29) is 12.5 Å². The highest BCUT2D eigenvalue weighted by atomic mass is 16.5. The summed E-state index contributed by atoms with van der Waals surface area (Å²) in [6.45, 7) is 0. The van der Waals surface area contributed by atoms with E-state index in [2.05, 4.69) is 0 Å². The SMILES string of the molecule is NC1CCC(Oc2ccccc2CC(=O)O)CC1. The van der Waals surface area contributed by atoms with Crippen molar-refractivity contribution in [1.29, 1.82) is 0 Å². The highest BCUT2D eigenvalue weighted by Crippen LogP contribution is 2.25. The summed E-state index contributed by atoms with van der Waals surface area (Å²) >= 11 is 0. The third-order valence-corrected chi connectivity index (χ3v) is 3.33. The fraction of sp³-hybridized carbons (Fsp3) is 0.500. The van der Waals surface area contributed by atoms with Crippen LogP contribution in [0.15, 0.2) is 24.3 Å². The van der Waals surface area contributed by atoms with Gasteiger partial charge < -0.3 is 15.6 Å². The first-order valence-electron chi connectivity index (χ1n) is 6.37. The number of hydrogen-bond acceptors (Lipinski definition) is 3. The van der Waals surface area contributed by atoms with Crippen LogP contribution in [0, 0.1) is 0 Å². The molecule has 0 spiro atoms. The number of carbonyl (C=O) groups is 1. The van der Waals surface area contributed by atoms with E-state index in [4.69, 9.17) is 15.6 Å². The zero-order valence-corrected chi connectivity index (χ0v) is 10.3. The van der Waals surface area contributed by atoms with E-state index in [9.17, 15) is 4.79 Å². The maximum atomic E-state index is 10.8. The highest BCUT2D eigenvalue weighted by molar-refractivity contribution is 5.71. The van der Waals surface area contributed by atoms with E-state index in [1.165, 1.54) is 0 Å². The maximum absolute atomic E-state index is 10.8. The molecule has 0 amide bonds. The van der Waals surface area contributed by atoms with Gasteiger partial charge in [-0.05, 0) is 31.7 Å². The smallest absolute Gasteiger partial charge is 0.307 e. The Morgan fingerprint density at radius 3 is 2.61 bits per heavy atom. The molecule has 0 heterocycles. The Balaban J connectivity index is 2.02. The van der Waals surface area contributed by atoms with Crippen LogP contribution < -0.4 is 10.5 Å². The molecule has 98 valence electrons. The number of ether oxygens (including phenoxy) is 1. The molecule has 0 radical (unpaired) electrons. The van der Waals surface area contributed by atoms with Crippen LogP contribution in [0.3, 0.4) is 0 Å². The van der Waals surface area contributed by atoms with Crippen LogP contribution >= 0.6 is 0 Å². The van der Waals surface area contributed by atoms with Gasteiger partial charge in [0.05, 0.1) is 12.5 Å². The fourth-order valence-corrected chi connectivity index (χ4v) is 2.31. The van der Waals surface area contributed by atoms with Gasteiger partial charge in [0, 0.05) is 11.6 Å². The molecular formula is C14H19NO3. The fourth-order valence-electron chi connectivity index (χ4n) is 2.31. The first-order valence-corrected chi connectivity index (χ1v) is 6.37. The molecule has 3 N–H and O–H groups in total. The van der Waals surface area contributed by atoms with Crippen molar-refractivity contribution in [1.82, 2.24) is 0 Å². The van der Waals surface area contributed by atoms with Crippen molar-refractivity contribution >= 4 is 5.97 Å². The van der Waals surface area contributed by atoms with Crippen molar-refractivity contribution in [2.45, 2.75) is 44.2 Å². The average Bonchev–Trinajstić information content (AvgIpc) is 2.34. The van der Waals surface area contributed by atoms with Gasteiger partial charge in [-0.25, -0.2) is 0 Å². The second-order valence-corrected chi connectivity index (χ2v) is 4.83. The van der Waals surface area contributed by atoms with Crippen LogP contribution in [0.25, 0.3) is 0 Å². The molecule has 0 unspecified atom stereocenters. The molecule has 0 aliphatic heterocycles. The molecule has 1 aliphatic carbocycles. The number of hydrogen-bond donors (Lipinski definition) is 2. The van der Waals surface area contributed by atoms with E-state index in [1.807, 2.05) is 18.2 Å². The summed E-state index contributed by atoms with van der Waals surface area (Å²) < 4.78 is 5.92. The van der Waals surface area contributed by atoms with Gasteiger partial charge >= 0.3 is 5.97 Å². The Labute approximate surface area is 107 Å². The van der Waals surface area contributed by atoms with Crippen LogP contribution in [-0.2, 0) is 11.2 Å². The van der Waals surface area contributed by atoms with E-state index in [1.54, 1.807) is 6.07 Å². The second-order valence-electron chi connectivity index (χ2n) is 4.83.